The monoisotopic (exact) mass is 278 g/mol. The zero-order chi connectivity index (χ0) is 15.1. The van der Waals surface area contributed by atoms with Gasteiger partial charge in [0.05, 0.1) is 6.61 Å². The molecule has 0 aliphatic rings. The van der Waals surface area contributed by atoms with Gasteiger partial charge < -0.3 is 4.74 Å². The third-order valence-corrected chi connectivity index (χ3v) is 2.88. The van der Waals surface area contributed by atoms with Gasteiger partial charge in [-0.15, -0.1) is 0 Å². The van der Waals surface area contributed by atoms with Crippen LogP contribution in [0.5, 0.6) is 0 Å². The molecule has 0 amide bonds. The maximum absolute atomic E-state index is 11.1. The number of carbonyl (C=O) groups excluding carboxylic acids is 1. The average Bonchev–Trinajstić information content (AvgIpc) is 2.42. The third kappa shape index (κ3) is 13.1. The van der Waals surface area contributed by atoms with E-state index in [-0.39, 0.29) is 5.97 Å². The highest BCUT2D eigenvalue weighted by Crippen LogP contribution is 2.07. The third-order valence-electron chi connectivity index (χ3n) is 2.88. The lowest BCUT2D eigenvalue weighted by molar-refractivity contribution is -0.143. The lowest BCUT2D eigenvalue weighted by Gasteiger charge is -2.04. The van der Waals surface area contributed by atoms with Gasteiger partial charge in [0.25, 0.3) is 0 Å². The molecule has 0 aliphatic heterocycles. The van der Waals surface area contributed by atoms with Crippen LogP contribution in [0.25, 0.3) is 0 Å². The van der Waals surface area contributed by atoms with Crippen LogP contribution in [0.15, 0.2) is 36.0 Å². The molecule has 114 valence electrons. The van der Waals surface area contributed by atoms with Crippen LogP contribution in [0.3, 0.4) is 0 Å². The highest BCUT2D eigenvalue weighted by atomic mass is 16.5. The van der Waals surface area contributed by atoms with Crippen molar-refractivity contribution in [3.05, 3.63) is 36.0 Å². The van der Waals surface area contributed by atoms with Crippen molar-refractivity contribution in [1.29, 1.82) is 0 Å². The van der Waals surface area contributed by atoms with Crippen molar-refractivity contribution >= 4 is 5.97 Å². The Morgan fingerprint density at radius 2 is 1.80 bits per heavy atom. The van der Waals surface area contributed by atoms with Crippen LogP contribution < -0.4 is 0 Å². The van der Waals surface area contributed by atoms with Gasteiger partial charge in [0, 0.05) is 6.42 Å². The minimum Gasteiger partial charge on any atom is -0.466 e. The summed E-state index contributed by atoms with van der Waals surface area (Å²) in [4.78, 5) is 11.1. The molecule has 0 aliphatic carbocycles. The van der Waals surface area contributed by atoms with Crippen LogP contribution in [0.1, 0.15) is 65.7 Å². The highest BCUT2D eigenvalue weighted by molar-refractivity contribution is 5.69. The fourth-order valence-corrected chi connectivity index (χ4v) is 1.68. The van der Waals surface area contributed by atoms with E-state index in [1.165, 1.54) is 12.0 Å². The molecule has 0 rings (SSSR count). The summed E-state index contributed by atoms with van der Waals surface area (Å²) in [7, 11) is 0. The molecule has 2 nitrogen and oxygen atoms in total. The number of carbonyl (C=O) groups is 1. The lowest BCUT2D eigenvalue weighted by atomic mass is 10.1. The summed E-state index contributed by atoms with van der Waals surface area (Å²) >= 11 is 0. The second-order valence-corrected chi connectivity index (χ2v) is 5.04. The zero-order valence-corrected chi connectivity index (χ0v) is 13.4. The Bertz CT molecular complexity index is 324. The second kappa shape index (κ2) is 14.1. The first-order valence-electron chi connectivity index (χ1n) is 7.85. The highest BCUT2D eigenvalue weighted by Gasteiger charge is 1.99. The van der Waals surface area contributed by atoms with Gasteiger partial charge in [-0.2, -0.15) is 0 Å². The van der Waals surface area contributed by atoms with Gasteiger partial charge in [-0.3, -0.25) is 4.79 Å². The molecule has 0 spiro atoms. The molecule has 0 aromatic heterocycles. The van der Waals surface area contributed by atoms with Crippen molar-refractivity contribution in [3.63, 3.8) is 0 Å². The zero-order valence-electron chi connectivity index (χ0n) is 13.4. The van der Waals surface area contributed by atoms with E-state index in [4.69, 9.17) is 4.74 Å². The topological polar surface area (TPSA) is 26.3 Å². The molecule has 2 heteroatoms. The summed E-state index contributed by atoms with van der Waals surface area (Å²) in [6, 6.07) is 0. The summed E-state index contributed by atoms with van der Waals surface area (Å²) < 4.78 is 5.12. The number of unbranched alkanes of at least 4 members (excludes halogenated alkanes) is 2. The van der Waals surface area contributed by atoms with Crippen molar-refractivity contribution in [3.8, 4) is 0 Å². The summed E-state index contributed by atoms with van der Waals surface area (Å²) in [6.45, 7) is 6.86. The fraction of sp³-hybridized carbons (Fsp3) is 0.611. The van der Waals surface area contributed by atoms with Crippen LogP contribution >= 0.6 is 0 Å². The second-order valence-electron chi connectivity index (χ2n) is 5.04. The van der Waals surface area contributed by atoms with Gasteiger partial charge in [-0.1, -0.05) is 56.2 Å². The molecule has 20 heavy (non-hydrogen) atoms. The number of esters is 1. The van der Waals surface area contributed by atoms with Crippen LogP contribution in [0.4, 0.5) is 0 Å². The predicted molar refractivity (Wildman–Crippen MR) is 86.7 cm³/mol. The molecule has 0 unspecified atom stereocenters. The van der Waals surface area contributed by atoms with Crippen LogP contribution in [0.2, 0.25) is 0 Å². The Hall–Kier alpha value is -1.31. The molecule has 0 saturated carbocycles. The maximum atomic E-state index is 11.1. The molecule has 0 aromatic carbocycles. The van der Waals surface area contributed by atoms with Crippen LogP contribution in [-0.2, 0) is 9.53 Å². The first-order chi connectivity index (χ1) is 9.70. The minimum absolute atomic E-state index is 0.0680. The van der Waals surface area contributed by atoms with Gasteiger partial charge >= 0.3 is 5.97 Å². The number of rotatable bonds is 11. The summed E-state index contributed by atoms with van der Waals surface area (Å²) in [5, 5.41) is 0. The Kier molecular flexibility index (Phi) is 13.2. The Labute approximate surface area is 124 Å². The van der Waals surface area contributed by atoms with Gasteiger partial charge in [0.15, 0.2) is 0 Å². The predicted octanol–water partition coefficient (Wildman–Crippen LogP) is 5.36. The van der Waals surface area contributed by atoms with Gasteiger partial charge in [0.2, 0.25) is 0 Å². The van der Waals surface area contributed by atoms with Gasteiger partial charge in [0.1, 0.15) is 0 Å². The molecule has 0 fully saturated rings. The first kappa shape index (κ1) is 18.7. The largest absolute Gasteiger partial charge is 0.466 e. The fourth-order valence-electron chi connectivity index (χ4n) is 1.68. The van der Waals surface area contributed by atoms with E-state index in [1.807, 2.05) is 6.92 Å². The van der Waals surface area contributed by atoms with Crippen molar-refractivity contribution < 1.29 is 9.53 Å². The number of hydrogen-bond acceptors (Lipinski definition) is 2. The van der Waals surface area contributed by atoms with Crippen molar-refractivity contribution in [1.82, 2.24) is 0 Å². The van der Waals surface area contributed by atoms with Crippen molar-refractivity contribution in [2.45, 2.75) is 65.7 Å². The molecule has 0 radical (unpaired) electrons. The van der Waals surface area contributed by atoms with Crippen molar-refractivity contribution in [2.75, 3.05) is 6.61 Å². The first-order valence-corrected chi connectivity index (χ1v) is 7.85. The Balaban J connectivity index is 3.61. The molecule has 0 heterocycles. The van der Waals surface area contributed by atoms with E-state index in [1.54, 1.807) is 0 Å². The Morgan fingerprint density at radius 3 is 2.50 bits per heavy atom. The number of ether oxygens (including phenoxy) is 1. The van der Waals surface area contributed by atoms with Gasteiger partial charge in [-0.25, -0.2) is 0 Å². The van der Waals surface area contributed by atoms with Gasteiger partial charge in [-0.05, 0) is 39.0 Å². The van der Waals surface area contributed by atoms with E-state index in [9.17, 15) is 4.79 Å². The molecule has 0 bridgehead atoms. The SMILES string of the molecule is CCC/C=C/C=C\C=C(/C)CCCCOC(=O)CCC. The standard InChI is InChI=1S/C18H30O2/c1-4-6-7-8-9-10-14-17(3)15-11-12-16-20-18(19)13-5-2/h7-10,14H,4-6,11-13,15-16H2,1-3H3/b8-7+,10-9-,17-14+. The average molecular weight is 278 g/mol. The minimum atomic E-state index is -0.0680. The van der Waals surface area contributed by atoms with E-state index in [0.717, 1.165) is 32.1 Å². The summed E-state index contributed by atoms with van der Waals surface area (Å²) in [5.41, 5.74) is 1.37. The summed E-state index contributed by atoms with van der Waals surface area (Å²) in [5.74, 6) is -0.0680. The number of allylic oxidation sites excluding steroid dienone is 6. The maximum Gasteiger partial charge on any atom is 0.305 e. The molecule has 0 atom stereocenters. The quantitative estimate of drug-likeness (QED) is 0.289. The normalized spacial score (nSPS) is 12.4. The van der Waals surface area contributed by atoms with E-state index >= 15 is 0 Å². The van der Waals surface area contributed by atoms with Crippen LogP contribution in [-0.4, -0.2) is 12.6 Å². The van der Waals surface area contributed by atoms with E-state index < -0.39 is 0 Å². The van der Waals surface area contributed by atoms with E-state index in [2.05, 4.69) is 44.2 Å². The molecule has 0 N–H and O–H groups in total. The number of hydrogen-bond donors (Lipinski definition) is 0. The molecule has 0 aromatic rings. The lowest BCUT2D eigenvalue weighted by Crippen LogP contribution is -2.04. The van der Waals surface area contributed by atoms with Crippen LogP contribution in [0, 0.1) is 0 Å². The smallest absolute Gasteiger partial charge is 0.305 e. The Morgan fingerprint density at radius 1 is 1.00 bits per heavy atom. The molecular formula is C18H30O2. The molecular weight excluding hydrogens is 248 g/mol. The van der Waals surface area contributed by atoms with Crippen molar-refractivity contribution in [2.24, 2.45) is 0 Å². The van der Waals surface area contributed by atoms with E-state index in [0.29, 0.717) is 13.0 Å². The molecule has 0 saturated heterocycles. The summed E-state index contributed by atoms with van der Waals surface area (Å²) in [6.07, 6.45) is 17.4.